The molecule has 8 rings (SSSR count). The maximum atomic E-state index is 14.0. The Labute approximate surface area is 241 Å². The fourth-order valence-electron chi connectivity index (χ4n) is 12.3. The van der Waals surface area contributed by atoms with Crippen LogP contribution in [-0.4, -0.2) is 104 Å². The topological polar surface area (TPSA) is 95.9 Å². The Kier molecular flexibility index (Phi) is 5.61. The Morgan fingerprint density at radius 3 is 2.54 bits per heavy atom. The molecule has 5 saturated carbocycles. The summed E-state index contributed by atoms with van der Waals surface area (Å²) in [6.07, 6.45) is 1.42. The average molecular weight is 570 g/mol. The van der Waals surface area contributed by atoms with E-state index >= 15 is 0 Å². The summed E-state index contributed by atoms with van der Waals surface area (Å²) in [6.45, 7) is 6.18. The second kappa shape index (κ2) is 8.52. The molecule has 224 valence electrons. The summed E-state index contributed by atoms with van der Waals surface area (Å²) in [5, 5.41) is 13.6. The van der Waals surface area contributed by atoms with Crippen LogP contribution in [0.4, 0.5) is 0 Å². The van der Waals surface area contributed by atoms with Crippen molar-refractivity contribution in [3.05, 3.63) is 35.9 Å². The zero-order chi connectivity index (χ0) is 28.6. The van der Waals surface area contributed by atoms with Crippen LogP contribution in [0.5, 0.6) is 0 Å². The molecule has 5 aliphatic carbocycles. The third kappa shape index (κ3) is 2.70. The normalized spacial score (nSPS) is 54.2. The van der Waals surface area contributed by atoms with Crippen molar-refractivity contribution in [3.8, 4) is 0 Å². The Morgan fingerprint density at radius 2 is 1.85 bits per heavy atom. The van der Waals surface area contributed by atoms with Crippen molar-refractivity contribution in [2.45, 2.75) is 86.8 Å². The minimum Gasteiger partial charge on any atom is -0.455 e. The summed E-state index contributed by atoms with van der Waals surface area (Å²) in [5.41, 5.74) is -3.71. The van der Waals surface area contributed by atoms with Gasteiger partial charge in [-0.2, -0.15) is 0 Å². The van der Waals surface area contributed by atoms with Crippen LogP contribution in [0.2, 0.25) is 0 Å². The van der Waals surface area contributed by atoms with Gasteiger partial charge >= 0.3 is 5.97 Å². The monoisotopic (exact) mass is 569 g/mol. The molecule has 0 amide bonds. The van der Waals surface area contributed by atoms with Gasteiger partial charge < -0.3 is 33.5 Å². The molecule has 1 aromatic carbocycles. The van der Waals surface area contributed by atoms with Gasteiger partial charge in [-0.1, -0.05) is 32.0 Å². The first-order valence-corrected chi connectivity index (χ1v) is 15.3. The summed E-state index contributed by atoms with van der Waals surface area (Å²) >= 11 is 0. The summed E-state index contributed by atoms with van der Waals surface area (Å²) in [4.78, 5) is 16.5. The summed E-state index contributed by atoms with van der Waals surface area (Å²) < 4.78 is 39.5. The second-order valence-corrected chi connectivity index (χ2v) is 14.0. The number of likely N-dealkylation sites (tertiary alicyclic amines) is 1. The molecule has 1 aromatic rings. The first-order chi connectivity index (χ1) is 19.7. The van der Waals surface area contributed by atoms with Crippen LogP contribution >= 0.6 is 0 Å². The van der Waals surface area contributed by atoms with E-state index in [0.29, 0.717) is 18.4 Å². The third-order valence-electron chi connectivity index (χ3n) is 13.1. The highest BCUT2D eigenvalue weighted by Gasteiger charge is 2.97. The number of esters is 1. The highest BCUT2D eigenvalue weighted by Crippen LogP contribution is 2.83. The van der Waals surface area contributed by atoms with Gasteiger partial charge in [0.2, 0.25) is 0 Å². The van der Waals surface area contributed by atoms with Gasteiger partial charge in [0.15, 0.2) is 5.60 Å². The molecular weight excluding hydrogens is 526 g/mol. The van der Waals surface area contributed by atoms with E-state index in [1.54, 1.807) is 33.5 Å². The first kappa shape index (κ1) is 27.0. The van der Waals surface area contributed by atoms with Crippen molar-refractivity contribution in [2.24, 2.45) is 28.6 Å². The zero-order valence-electron chi connectivity index (χ0n) is 24.7. The van der Waals surface area contributed by atoms with Gasteiger partial charge in [-0.3, -0.25) is 4.90 Å². The number of benzene rings is 1. The number of hydrogen-bond donors (Lipinski definition) is 1. The van der Waals surface area contributed by atoms with E-state index in [9.17, 15) is 9.90 Å². The number of carbonyl (C=O) groups excluding carboxylic acids is 1. The van der Waals surface area contributed by atoms with E-state index in [1.807, 2.05) is 18.2 Å². The Morgan fingerprint density at radius 1 is 1.07 bits per heavy atom. The molecule has 7 aliphatic rings. The average Bonchev–Trinajstić information content (AvgIpc) is 3.54. The van der Waals surface area contributed by atoms with Crippen molar-refractivity contribution in [3.63, 3.8) is 0 Å². The Bertz CT molecular complexity index is 1250. The molecule has 41 heavy (non-hydrogen) atoms. The van der Waals surface area contributed by atoms with Gasteiger partial charge in [0.05, 0.1) is 40.9 Å². The summed E-state index contributed by atoms with van der Waals surface area (Å²) in [6, 6.07) is 8.92. The molecule has 2 heterocycles. The van der Waals surface area contributed by atoms with E-state index in [-0.39, 0.29) is 60.3 Å². The smallest absolute Gasteiger partial charge is 0.338 e. The Hall–Kier alpha value is -1.59. The van der Waals surface area contributed by atoms with E-state index in [0.717, 1.165) is 25.9 Å². The number of aliphatic hydroxyl groups is 1. The fourth-order valence-corrected chi connectivity index (χ4v) is 12.3. The third-order valence-corrected chi connectivity index (χ3v) is 13.1. The van der Waals surface area contributed by atoms with Crippen molar-refractivity contribution >= 4 is 5.97 Å². The minimum atomic E-state index is -1.21. The molecule has 13 atom stereocenters. The van der Waals surface area contributed by atoms with Gasteiger partial charge in [0, 0.05) is 52.0 Å². The number of methoxy groups -OCH3 is 3. The molecule has 9 unspecified atom stereocenters. The number of ether oxygens (including phenoxy) is 6. The molecule has 1 N–H and O–H groups in total. The second-order valence-electron chi connectivity index (χ2n) is 14.0. The van der Waals surface area contributed by atoms with Crippen molar-refractivity contribution in [1.82, 2.24) is 4.90 Å². The van der Waals surface area contributed by atoms with Crippen molar-refractivity contribution in [1.29, 1.82) is 0 Å². The molecule has 0 radical (unpaired) electrons. The lowest BCUT2D eigenvalue weighted by atomic mass is 9.41. The number of nitrogens with zero attached hydrogens (tertiary/aromatic N) is 1. The number of rotatable bonds is 6. The van der Waals surface area contributed by atoms with E-state index < -0.39 is 28.3 Å². The molecule has 9 nitrogen and oxygen atoms in total. The SMILES string of the molecule is CCN1C[C@]2(C)CCC(OC)[C@]34C2C(OC(=O)c2ccccc2)[C@@]2(OCOC25C[C@H](OC)C2CC3(O)C5C2OC)C14. The summed E-state index contributed by atoms with van der Waals surface area (Å²) in [7, 11) is 5.24. The van der Waals surface area contributed by atoms with Gasteiger partial charge in [-0.15, -0.1) is 0 Å². The predicted octanol–water partition coefficient (Wildman–Crippen LogP) is 2.64. The van der Waals surface area contributed by atoms with Crippen LogP contribution in [0.1, 0.15) is 49.9 Å². The number of likely N-dealkylation sites (N-methyl/N-ethyl adjacent to an activating group) is 1. The molecule has 9 heteroatoms. The zero-order valence-corrected chi connectivity index (χ0v) is 24.7. The van der Waals surface area contributed by atoms with Crippen LogP contribution in [-0.2, 0) is 28.4 Å². The molecule has 2 saturated heterocycles. The predicted molar refractivity (Wildman–Crippen MR) is 146 cm³/mol. The Balaban J connectivity index is 1.44. The van der Waals surface area contributed by atoms with Crippen LogP contribution in [0.15, 0.2) is 30.3 Å². The molecule has 2 aliphatic heterocycles. The van der Waals surface area contributed by atoms with Crippen LogP contribution in [0.25, 0.3) is 0 Å². The maximum Gasteiger partial charge on any atom is 0.338 e. The molecule has 3 spiro atoms. The van der Waals surface area contributed by atoms with Crippen LogP contribution in [0, 0.1) is 28.6 Å². The van der Waals surface area contributed by atoms with Gasteiger partial charge in [0.25, 0.3) is 0 Å². The molecule has 7 bridgehead atoms. The van der Waals surface area contributed by atoms with Crippen LogP contribution < -0.4 is 0 Å². The van der Waals surface area contributed by atoms with Gasteiger partial charge in [-0.25, -0.2) is 4.79 Å². The molecule has 7 fully saturated rings. The van der Waals surface area contributed by atoms with E-state index in [4.69, 9.17) is 28.4 Å². The van der Waals surface area contributed by atoms with Crippen molar-refractivity contribution in [2.75, 3.05) is 41.2 Å². The highest BCUT2D eigenvalue weighted by molar-refractivity contribution is 5.89. The molecule has 0 aromatic heterocycles. The van der Waals surface area contributed by atoms with Gasteiger partial charge in [-0.05, 0) is 43.4 Å². The largest absolute Gasteiger partial charge is 0.455 e. The number of piperidine rings is 1. The number of hydrogen-bond acceptors (Lipinski definition) is 9. The lowest BCUT2D eigenvalue weighted by Gasteiger charge is -2.71. The maximum absolute atomic E-state index is 14.0. The molecular formula is C32H43NO8. The van der Waals surface area contributed by atoms with E-state index in [1.165, 1.54) is 0 Å². The van der Waals surface area contributed by atoms with Crippen molar-refractivity contribution < 1.29 is 38.3 Å². The number of fused-ring (bicyclic) bond motifs is 1. The lowest BCUT2D eigenvalue weighted by molar-refractivity contribution is -0.332. The standard InChI is InChI=1S/C32H43NO8/c1-6-33-16-28(2)13-12-21(37-4)31-24(28)25(41-26(34)18-10-8-7-9-11-18)32(27(31)33)30(39-17-40-32)15-20(36-3)19-14-29(31,35)23(30)22(19)38-5/h7-11,19-25,27,35H,6,12-17H2,1-5H3/t19?,20-,21?,22?,23?,24?,25?,27?,28-,29?,30?,31+,32+/m0/s1. The minimum absolute atomic E-state index is 0.00686. The van der Waals surface area contributed by atoms with Crippen LogP contribution in [0.3, 0.4) is 0 Å². The quantitative estimate of drug-likeness (QED) is 0.519. The number of carbonyl (C=O) groups is 1. The highest BCUT2D eigenvalue weighted by atomic mass is 16.7. The lowest BCUT2D eigenvalue weighted by Crippen LogP contribution is -2.85. The van der Waals surface area contributed by atoms with E-state index in [2.05, 4.69) is 18.7 Å². The first-order valence-electron chi connectivity index (χ1n) is 15.3. The fraction of sp³-hybridized carbons (Fsp3) is 0.781. The summed E-state index contributed by atoms with van der Waals surface area (Å²) in [5.74, 6) is -0.941. The van der Waals surface area contributed by atoms with Gasteiger partial charge in [0.1, 0.15) is 18.5 Å².